The molecule has 3 rings (SSSR count). The lowest BCUT2D eigenvalue weighted by Gasteiger charge is -2.15. The van der Waals surface area contributed by atoms with Gasteiger partial charge in [0, 0.05) is 22.2 Å². The fraction of sp³-hybridized carbons (Fsp3) is 0.333. The summed E-state index contributed by atoms with van der Waals surface area (Å²) in [5.41, 5.74) is 4.29. The Labute approximate surface area is 158 Å². The standard InChI is InChI=1S/C21H23NO5/c1-6-25-20(24)18(11-26-21-13(3)12(2)19(23)27-21)22-15(5)14(4)16-9-7-8-10-17(16)22/h7-11,21H,6H2,1-5H3/b18-11-. The minimum atomic E-state index is -0.842. The van der Waals surface area contributed by atoms with E-state index in [1.165, 1.54) is 6.26 Å². The fourth-order valence-corrected chi connectivity index (χ4v) is 3.10. The minimum Gasteiger partial charge on any atom is -0.461 e. The number of cyclic esters (lactones) is 1. The highest BCUT2D eigenvalue weighted by Gasteiger charge is 2.30. The Morgan fingerprint density at radius 2 is 1.93 bits per heavy atom. The number of ether oxygens (including phenoxy) is 3. The van der Waals surface area contributed by atoms with Gasteiger partial charge in [-0.15, -0.1) is 0 Å². The van der Waals surface area contributed by atoms with Gasteiger partial charge in [-0.2, -0.15) is 0 Å². The van der Waals surface area contributed by atoms with E-state index >= 15 is 0 Å². The van der Waals surface area contributed by atoms with E-state index in [9.17, 15) is 9.59 Å². The lowest BCUT2D eigenvalue weighted by Crippen LogP contribution is -2.17. The van der Waals surface area contributed by atoms with E-state index in [0.29, 0.717) is 11.1 Å². The molecule has 6 nitrogen and oxygen atoms in total. The molecule has 0 aliphatic carbocycles. The number of hydrogen-bond acceptors (Lipinski definition) is 5. The lowest BCUT2D eigenvalue weighted by molar-refractivity contribution is -0.152. The van der Waals surface area contributed by atoms with Gasteiger partial charge in [0.25, 0.3) is 6.29 Å². The van der Waals surface area contributed by atoms with E-state index in [2.05, 4.69) is 0 Å². The Morgan fingerprint density at radius 1 is 1.22 bits per heavy atom. The Balaban J connectivity index is 2.07. The number of benzene rings is 1. The maximum absolute atomic E-state index is 12.7. The number of carbonyl (C=O) groups excluding carboxylic acids is 2. The number of para-hydroxylation sites is 1. The topological polar surface area (TPSA) is 66.8 Å². The second-order valence-electron chi connectivity index (χ2n) is 6.47. The second kappa shape index (κ2) is 7.31. The molecule has 2 aromatic rings. The molecule has 0 fully saturated rings. The normalized spacial score (nSPS) is 17.4. The zero-order chi connectivity index (χ0) is 19.7. The average Bonchev–Trinajstić information content (AvgIpc) is 3.05. The molecule has 0 radical (unpaired) electrons. The van der Waals surface area contributed by atoms with Gasteiger partial charge in [-0.3, -0.25) is 0 Å². The van der Waals surface area contributed by atoms with Crippen LogP contribution in [0.15, 0.2) is 41.7 Å². The Hall–Kier alpha value is -3.02. The van der Waals surface area contributed by atoms with Gasteiger partial charge in [-0.25, -0.2) is 9.59 Å². The molecule has 1 aliphatic rings. The SMILES string of the molecule is CCOC(=O)/C(=C/OC1OC(=O)C(C)=C1C)n1c(C)c(C)c2ccccc21. The monoisotopic (exact) mass is 369 g/mol. The number of fused-ring (bicyclic) bond motifs is 1. The van der Waals surface area contributed by atoms with Crippen LogP contribution in [0.1, 0.15) is 32.0 Å². The smallest absolute Gasteiger partial charge is 0.358 e. The summed E-state index contributed by atoms with van der Waals surface area (Å²) in [4.78, 5) is 24.4. The Morgan fingerprint density at radius 3 is 2.56 bits per heavy atom. The van der Waals surface area contributed by atoms with E-state index < -0.39 is 18.2 Å². The molecule has 0 bridgehead atoms. The first-order chi connectivity index (χ1) is 12.9. The molecule has 0 saturated heterocycles. The number of aryl methyl sites for hydroxylation is 1. The van der Waals surface area contributed by atoms with Gasteiger partial charge in [0.2, 0.25) is 0 Å². The van der Waals surface area contributed by atoms with Crippen LogP contribution < -0.4 is 0 Å². The van der Waals surface area contributed by atoms with E-state index in [1.807, 2.05) is 42.7 Å². The van der Waals surface area contributed by atoms with Crippen LogP contribution in [0.5, 0.6) is 0 Å². The molecule has 1 atom stereocenters. The third-order valence-corrected chi connectivity index (χ3v) is 4.92. The molecule has 0 saturated carbocycles. The Kier molecular flexibility index (Phi) is 5.08. The molecule has 0 spiro atoms. The molecule has 27 heavy (non-hydrogen) atoms. The minimum absolute atomic E-state index is 0.229. The number of esters is 2. The second-order valence-corrected chi connectivity index (χ2v) is 6.47. The third kappa shape index (κ3) is 3.23. The lowest BCUT2D eigenvalue weighted by atomic mass is 10.2. The van der Waals surface area contributed by atoms with Gasteiger partial charge in [0.1, 0.15) is 6.26 Å². The first-order valence-corrected chi connectivity index (χ1v) is 8.84. The summed E-state index contributed by atoms with van der Waals surface area (Å²) in [6, 6.07) is 7.81. The number of rotatable bonds is 5. The quantitative estimate of drug-likeness (QED) is 0.455. The van der Waals surface area contributed by atoms with Crippen molar-refractivity contribution in [1.82, 2.24) is 4.57 Å². The van der Waals surface area contributed by atoms with Crippen LogP contribution in [0.3, 0.4) is 0 Å². The van der Waals surface area contributed by atoms with Crippen LogP contribution in [0, 0.1) is 13.8 Å². The summed E-state index contributed by atoms with van der Waals surface area (Å²) in [6.45, 7) is 9.38. The zero-order valence-electron chi connectivity index (χ0n) is 16.2. The van der Waals surface area contributed by atoms with Gasteiger partial charge >= 0.3 is 11.9 Å². The van der Waals surface area contributed by atoms with Crippen molar-refractivity contribution in [2.45, 2.75) is 40.9 Å². The van der Waals surface area contributed by atoms with Crippen molar-refractivity contribution in [3.8, 4) is 0 Å². The van der Waals surface area contributed by atoms with Crippen molar-refractivity contribution in [2.24, 2.45) is 0 Å². The number of nitrogens with zero attached hydrogens (tertiary/aromatic N) is 1. The van der Waals surface area contributed by atoms with E-state index in [-0.39, 0.29) is 12.3 Å². The molecule has 142 valence electrons. The molecule has 1 unspecified atom stereocenters. The molecule has 0 N–H and O–H groups in total. The van der Waals surface area contributed by atoms with Crippen molar-refractivity contribution < 1.29 is 23.8 Å². The zero-order valence-corrected chi connectivity index (χ0v) is 16.2. The molecular formula is C21H23NO5. The largest absolute Gasteiger partial charge is 0.461 e. The fourth-order valence-electron chi connectivity index (χ4n) is 3.10. The summed E-state index contributed by atoms with van der Waals surface area (Å²) in [6.07, 6.45) is 0.474. The first-order valence-electron chi connectivity index (χ1n) is 8.84. The average molecular weight is 369 g/mol. The number of aromatic nitrogens is 1. The van der Waals surface area contributed by atoms with Crippen LogP contribution in [-0.4, -0.2) is 29.4 Å². The van der Waals surface area contributed by atoms with Crippen molar-refractivity contribution in [2.75, 3.05) is 6.61 Å². The highest BCUT2D eigenvalue weighted by atomic mass is 16.7. The predicted molar refractivity (Wildman–Crippen MR) is 102 cm³/mol. The highest BCUT2D eigenvalue weighted by molar-refractivity contribution is 6.12. The molecule has 2 heterocycles. The molecular weight excluding hydrogens is 346 g/mol. The van der Waals surface area contributed by atoms with Gasteiger partial charge in [-0.05, 0) is 46.2 Å². The molecule has 1 aromatic heterocycles. The van der Waals surface area contributed by atoms with Gasteiger partial charge in [0.05, 0.1) is 12.1 Å². The Bertz CT molecular complexity index is 980. The highest BCUT2D eigenvalue weighted by Crippen LogP contribution is 2.30. The molecule has 6 heteroatoms. The number of hydrogen-bond donors (Lipinski definition) is 0. The van der Waals surface area contributed by atoms with Crippen LogP contribution in [0.2, 0.25) is 0 Å². The number of carbonyl (C=O) groups is 2. The van der Waals surface area contributed by atoms with E-state index in [4.69, 9.17) is 14.2 Å². The maximum Gasteiger partial charge on any atom is 0.358 e. The van der Waals surface area contributed by atoms with Gasteiger partial charge in [0.15, 0.2) is 5.70 Å². The molecule has 1 aliphatic heterocycles. The first kappa shape index (κ1) is 18.8. The summed E-state index contributed by atoms with van der Waals surface area (Å²) in [5.74, 6) is -0.925. The van der Waals surface area contributed by atoms with Crippen molar-refractivity contribution in [1.29, 1.82) is 0 Å². The summed E-state index contributed by atoms with van der Waals surface area (Å²) >= 11 is 0. The maximum atomic E-state index is 12.7. The van der Waals surface area contributed by atoms with Crippen LogP contribution in [0.25, 0.3) is 16.6 Å². The van der Waals surface area contributed by atoms with Gasteiger partial charge in [-0.1, -0.05) is 18.2 Å². The van der Waals surface area contributed by atoms with Crippen molar-refractivity contribution in [3.63, 3.8) is 0 Å². The molecule has 1 aromatic carbocycles. The van der Waals surface area contributed by atoms with Crippen molar-refractivity contribution in [3.05, 3.63) is 52.9 Å². The van der Waals surface area contributed by atoms with Crippen LogP contribution in [0.4, 0.5) is 0 Å². The van der Waals surface area contributed by atoms with E-state index in [1.54, 1.807) is 20.8 Å². The van der Waals surface area contributed by atoms with Crippen molar-refractivity contribution >= 4 is 28.5 Å². The summed E-state index contributed by atoms with van der Waals surface area (Å²) < 4.78 is 17.9. The predicted octanol–water partition coefficient (Wildman–Crippen LogP) is 3.86. The van der Waals surface area contributed by atoms with Crippen LogP contribution >= 0.6 is 0 Å². The van der Waals surface area contributed by atoms with E-state index in [0.717, 1.165) is 22.2 Å². The van der Waals surface area contributed by atoms with Gasteiger partial charge < -0.3 is 18.8 Å². The summed E-state index contributed by atoms with van der Waals surface area (Å²) in [5, 5.41) is 1.05. The summed E-state index contributed by atoms with van der Waals surface area (Å²) in [7, 11) is 0. The van der Waals surface area contributed by atoms with Crippen LogP contribution in [-0.2, 0) is 23.8 Å². The molecule has 0 amide bonds. The third-order valence-electron chi connectivity index (χ3n) is 4.92.